The molecule has 0 radical (unpaired) electrons. The summed E-state index contributed by atoms with van der Waals surface area (Å²) in [5, 5.41) is 12.0. The molecule has 2 fully saturated rings. The summed E-state index contributed by atoms with van der Waals surface area (Å²) in [7, 11) is 2.26. The molecule has 4 rings (SSSR count). The second kappa shape index (κ2) is 7.37. The van der Waals surface area contributed by atoms with Gasteiger partial charge in [-0.15, -0.1) is 0 Å². The van der Waals surface area contributed by atoms with Crippen LogP contribution in [0.2, 0.25) is 0 Å². The fourth-order valence-corrected chi connectivity index (χ4v) is 4.64. The molecule has 0 saturated carbocycles. The number of rotatable bonds is 4. The maximum absolute atomic E-state index is 5.53. The van der Waals surface area contributed by atoms with E-state index < -0.39 is 0 Å². The van der Waals surface area contributed by atoms with Gasteiger partial charge in [0.15, 0.2) is 5.11 Å². The summed E-state index contributed by atoms with van der Waals surface area (Å²) in [5.41, 5.74) is 3.50. The summed E-state index contributed by atoms with van der Waals surface area (Å²) in [5.74, 6) is 0. The van der Waals surface area contributed by atoms with Crippen LogP contribution in [-0.4, -0.2) is 45.0 Å². The molecule has 2 aliphatic rings. The van der Waals surface area contributed by atoms with Gasteiger partial charge in [-0.2, -0.15) is 5.10 Å². The van der Waals surface area contributed by atoms with Crippen molar-refractivity contribution < 1.29 is 0 Å². The molecule has 138 valence electrons. The molecule has 5 nitrogen and oxygen atoms in total. The molecule has 3 heterocycles. The molecule has 2 aromatic rings. The van der Waals surface area contributed by atoms with E-state index in [-0.39, 0.29) is 0 Å². The predicted octanol–water partition coefficient (Wildman–Crippen LogP) is 3.15. The van der Waals surface area contributed by atoms with Crippen molar-refractivity contribution in [3.05, 3.63) is 47.8 Å². The Morgan fingerprint density at radius 1 is 1.23 bits per heavy atom. The highest BCUT2D eigenvalue weighted by molar-refractivity contribution is 7.80. The van der Waals surface area contributed by atoms with Crippen LogP contribution in [0, 0.1) is 6.92 Å². The molecule has 26 heavy (non-hydrogen) atoms. The lowest BCUT2D eigenvalue weighted by Crippen LogP contribution is -2.49. The number of piperidine rings is 1. The van der Waals surface area contributed by atoms with Crippen LogP contribution < -0.4 is 10.6 Å². The zero-order valence-corrected chi connectivity index (χ0v) is 16.3. The Balaban J connectivity index is 1.31. The molecule has 0 amide bonds. The summed E-state index contributed by atoms with van der Waals surface area (Å²) < 4.78 is 1.95. The number of aromatic nitrogens is 2. The van der Waals surface area contributed by atoms with Crippen molar-refractivity contribution in [1.82, 2.24) is 20.0 Å². The number of benzene rings is 1. The van der Waals surface area contributed by atoms with Gasteiger partial charge < -0.3 is 15.5 Å². The lowest BCUT2D eigenvalue weighted by atomic mass is 9.98. The minimum absolute atomic E-state index is 0.478. The van der Waals surface area contributed by atoms with Crippen molar-refractivity contribution in [2.75, 3.05) is 12.4 Å². The molecule has 0 spiro atoms. The van der Waals surface area contributed by atoms with Crippen LogP contribution >= 0.6 is 12.2 Å². The van der Waals surface area contributed by atoms with Crippen molar-refractivity contribution in [3.63, 3.8) is 0 Å². The Labute approximate surface area is 160 Å². The first kappa shape index (κ1) is 17.5. The van der Waals surface area contributed by atoms with Crippen LogP contribution in [0.4, 0.5) is 5.69 Å². The number of aryl methyl sites for hydroxylation is 1. The number of anilines is 1. The molecule has 2 saturated heterocycles. The molecule has 2 bridgehead atoms. The Morgan fingerprint density at radius 3 is 2.69 bits per heavy atom. The van der Waals surface area contributed by atoms with Gasteiger partial charge in [0, 0.05) is 24.3 Å². The van der Waals surface area contributed by atoms with Crippen molar-refractivity contribution >= 4 is 23.0 Å². The normalized spacial score (nSPS) is 25.2. The highest BCUT2D eigenvalue weighted by Gasteiger charge is 2.38. The van der Waals surface area contributed by atoms with Gasteiger partial charge in [0.1, 0.15) is 0 Å². The van der Waals surface area contributed by atoms with Crippen molar-refractivity contribution in [2.45, 2.75) is 57.3 Å². The van der Waals surface area contributed by atoms with E-state index in [1.54, 1.807) is 0 Å². The molecule has 2 atom stereocenters. The number of thiocarbonyl (C=S) groups is 1. The monoisotopic (exact) mass is 369 g/mol. The van der Waals surface area contributed by atoms with Crippen molar-refractivity contribution in [3.8, 4) is 0 Å². The summed E-state index contributed by atoms with van der Waals surface area (Å²) in [4.78, 5) is 2.55. The Kier molecular flexibility index (Phi) is 4.96. The lowest BCUT2D eigenvalue weighted by molar-refractivity contribution is 0.156. The second-order valence-electron chi connectivity index (χ2n) is 7.67. The Bertz CT molecular complexity index is 772. The summed E-state index contributed by atoms with van der Waals surface area (Å²) in [6.45, 7) is 2.90. The molecule has 2 unspecified atom stereocenters. The van der Waals surface area contributed by atoms with Gasteiger partial charge in [0.2, 0.25) is 0 Å². The average molecular weight is 370 g/mol. The standard InChI is InChI=1S/C20H27N5S/c1-14-5-3-4-6-15(14)12-25-13-17(11-21-25)23-20(26)22-16-9-18-7-8-19(10-16)24(18)2/h3-6,11,13,16,18-19H,7-10,12H2,1-2H3,(H2,22,23,26). The zero-order chi connectivity index (χ0) is 18.1. The van der Waals surface area contributed by atoms with E-state index in [2.05, 4.69) is 58.9 Å². The molecular formula is C20H27N5S. The van der Waals surface area contributed by atoms with E-state index in [1.165, 1.54) is 36.8 Å². The fraction of sp³-hybridized carbons (Fsp3) is 0.500. The maximum atomic E-state index is 5.53. The van der Waals surface area contributed by atoms with E-state index in [0.717, 1.165) is 12.2 Å². The first-order valence-corrected chi connectivity index (χ1v) is 9.86. The van der Waals surface area contributed by atoms with E-state index in [9.17, 15) is 0 Å². The van der Waals surface area contributed by atoms with Gasteiger partial charge in [-0.25, -0.2) is 0 Å². The number of nitrogens with one attached hydrogen (secondary N) is 2. The first-order chi connectivity index (χ1) is 12.6. The minimum Gasteiger partial charge on any atom is -0.360 e. The molecule has 1 aromatic heterocycles. The van der Waals surface area contributed by atoms with E-state index in [1.807, 2.05) is 17.1 Å². The Morgan fingerprint density at radius 2 is 1.96 bits per heavy atom. The first-order valence-electron chi connectivity index (χ1n) is 9.45. The third kappa shape index (κ3) is 3.76. The number of hydrogen-bond acceptors (Lipinski definition) is 3. The van der Waals surface area contributed by atoms with Crippen LogP contribution in [0.1, 0.15) is 36.8 Å². The van der Waals surface area contributed by atoms with Crippen LogP contribution in [0.15, 0.2) is 36.7 Å². The van der Waals surface area contributed by atoms with Crippen LogP contribution in [-0.2, 0) is 6.54 Å². The van der Waals surface area contributed by atoms with Gasteiger partial charge in [0.05, 0.1) is 18.4 Å². The molecule has 6 heteroatoms. The highest BCUT2D eigenvalue weighted by Crippen LogP contribution is 2.34. The van der Waals surface area contributed by atoms with E-state index >= 15 is 0 Å². The smallest absolute Gasteiger partial charge is 0.171 e. The van der Waals surface area contributed by atoms with E-state index in [0.29, 0.717) is 23.2 Å². The van der Waals surface area contributed by atoms with Gasteiger partial charge >= 0.3 is 0 Å². The number of fused-ring (bicyclic) bond motifs is 2. The van der Waals surface area contributed by atoms with E-state index in [4.69, 9.17) is 12.2 Å². The van der Waals surface area contributed by atoms with Gasteiger partial charge in [-0.1, -0.05) is 24.3 Å². The molecule has 0 aliphatic carbocycles. The summed E-state index contributed by atoms with van der Waals surface area (Å²) in [6.07, 6.45) is 8.86. The maximum Gasteiger partial charge on any atom is 0.171 e. The van der Waals surface area contributed by atoms with Gasteiger partial charge in [0.25, 0.3) is 0 Å². The molecule has 2 aliphatic heterocycles. The third-order valence-corrected chi connectivity index (χ3v) is 6.14. The third-order valence-electron chi connectivity index (χ3n) is 5.92. The Hall–Kier alpha value is -1.92. The van der Waals surface area contributed by atoms with Gasteiger partial charge in [-0.05, 0) is 63.0 Å². The molecule has 1 aromatic carbocycles. The average Bonchev–Trinajstić information content (AvgIpc) is 3.10. The minimum atomic E-state index is 0.478. The molecule has 2 N–H and O–H groups in total. The van der Waals surface area contributed by atoms with Crippen molar-refractivity contribution in [1.29, 1.82) is 0 Å². The second-order valence-corrected chi connectivity index (χ2v) is 8.08. The SMILES string of the molecule is Cc1ccccc1Cn1cc(NC(=S)NC2CC3CCC(C2)N3C)cn1. The highest BCUT2D eigenvalue weighted by atomic mass is 32.1. The largest absolute Gasteiger partial charge is 0.360 e. The molecular weight excluding hydrogens is 342 g/mol. The quantitative estimate of drug-likeness (QED) is 0.811. The predicted molar refractivity (Wildman–Crippen MR) is 109 cm³/mol. The van der Waals surface area contributed by atoms with Crippen LogP contribution in [0.3, 0.4) is 0 Å². The lowest BCUT2D eigenvalue weighted by Gasteiger charge is -2.37. The number of nitrogens with zero attached hydrogens (tertiary/aromatic N) is 3. The van der Waals surface area contributed by atoms with Crippen LogP contribution in [0.5, 0.6) is 0 Å². The van der Waals surface area contributed by atoms with Gasteiger partial charge in [-0.3, -0.25) is 4.68 Å². The van der Waals surface area contributed by atoms with Crippen molar-refractivity contribution in [2.24, 2.45) is 0 Å². The zero-order valence-electron chi connectivity index (χ0n) is 15.5. The topological polar surface area (TPSA) is 45.1 Å². The summed E-state index contributed by atoms with van der Waals surface area (Å²) >= 11 is 5.53. The fourth-order valence-electron chi connectivity index (χ4n) is 4.36. The number of hydrogen-bond donors (Lipinski definition) is 2. The van der Waals surface area contributed by atoms with Crippen LogP contribution in [0.25, 0.3) is 0 Å². The summed E-state index contributed by atoms with van der Waals surface area (Å²) in [6, 6.07) is 10.3.